The van der Waals surface area contributed by atoms with E-state index < -0.39 is 13.8 Å². The molecule has 1 saturated heterocycles. The lowest BCUT2D eigenvalue weighted by Gasteiger charge is -2.47. The van der Waals surface area contributed by atoms with E-state index in [-0.39, 0.29) is 11.9 Å². The van der Waals surface area contributed by atoms with Gasteiger partial charge in [0, 0.05) is 0 Å². The number of carbonyl (C=O) groups is 2. The van der Waals surface area contributed by atoms with Gasteiger partial charge in [-0.2, -0.15) is 0 Å². The number of rotatable bonds is 6. The van der Waals surface area contributed by atoms with Crippen LogP contribution in [0.3, 0.4) is 0 Å². The first kappa shape index (κ1) is 24.6. The highest BCUT2D eigenvalue weighted by Crippen LogP contribution is 2.42. The lowest BCUT2D eigenvalue weighted by atomic mass is 9.92. The molecule has 1 aliphatic heterocycles. The number of hydrogen-bond donors (Lipinski definition) is 0. The van der Waals surface area contributed by atoms with Crippen LogP contribution in [-0.4, -0.2) is 24.7 Å². The van der Waals surface area contributed by atoms with Crippen molar-refractivity contribution in [1.29, 1.82) is 0 Å². The van der Waals surface area contributed by atoms with E-state index in [0.717, 1.165) is 21.1 Å². The fourth-order valence-corrected chi connectivity index (χ4v) is 11.0. The van der Waals surface area contributed by atoms with Gasteiger partial charge in [-0.1, -0.05) is 140 Å². The number of amides is 3. The number of carbonyl (C=O) groups excluding carboxylic acids is 2. The van der Waals surface area contributed by atoms with Gasteiger partial charge in [0.15, 0.2) is 0 Å². The predicted molar refractivity (Wildman–Crippen MR) is 159 cm³/mol. The highest BCUT2D eigenvalue weighted by atomic mass is 28.3. The smallest absolute Gasteiger partial charge is 0.321 e. The Morgan fingerprint density at radius 1 is 0.513 bits per heavy atom. The standard InChI is InChI=1S/C34H28N2O2Si/c1-34(27-17-7-2-8-18-27)32(37)35(28-19-9-3-10-20-28)33(38)36(34)39(29-21-11-4-12-22-29,30-23-13-5-14-24-30)31-25-15-6-16-26-31/h2-26H,1H3. The normalized spacial score (nSPS) is 17.5. The van der Waals surface area contributed by atoms with Crippen molar-refractivity contribution in [2.24, 2.45) is 0 Å². The summed E-state index contributed by atoms with van der Waals surface area (Å²) >= 11 is 0. The van der Waals surface area contributed by atoms with Gasteiger partial charge in [0.2, 0.25) is 0 Å². The van der Waals surface area contributed by atoms with Gasteiger partial charge in [0.1, 0.15) is 5.54 Å². The van der Waals surface area contributed by atoms with Crippen LogP contribution in [0, 0.1) is 0 Å². The van der Waals surface area contributed by atoms with Crippen molar-refractivity contribution in [2.75, 3.05) is 4.90 Å². The first-order valence-corrected chi connectivity index (χ1v) is 15.0. The molecule has 0 N–H and O–H groups in total. The van der Waals surface area contributed by atoms with Gasteiger partial charge in [0.25, 0.3) is 14.1 Å². The highest BCUT2D eigenvalue weighted by molar-refractivity contribution is 7.11. The summed E-state index contributed by atoms with van der Waals surface area (Å²) in [6.07, 6.45) is 0. The summed E-state index contributed by atoms with van der Waals surface area (Å²) in [5.41, 5.74) is 0.0813. The maximum Gasteiger partial charge on any atom is 0.325 e. The Balaban J connectivity index is 1.76. The van der Waals surface area contributed by atoms with E-state index in [4.69, 9.17) is 0 Å². The second-order valence-electron chi connectivity index (χ2n) is 9.84. The van der Waals surface area contributed by atoms with Crippen LogP contribution in [0.5, 0.6) is 0 Å². The van der Waals surface area contributed by atoms with Gasteiger partial charge in [0.05, 0.1) is 5.69 Å². The number of para-hydroxylation sites is 1. The van der Waals surface area contributed by atoms with Crippen molar-refractivity contribution in [1.82, 2.24) is 4.57 Å². The summed E-state index contributed by atoms with van der Waals surface area (Å²) in [6, 6.07) is 49.3. The van der Waals surface area contributed by atoms with E-state index in [2.05, 4.69) is 36.4 Å². The molecule has 5 aromatic rings. The molecule has 0 aromatic heterocycles. The van der Waals surface area contributed by atoms with Gasteiger partial charge in [-0.05, 0) is 40.2 Å². The molecule has 5 heteroatoms. The summed E-state index contributed by atoms with van der Waals surface area (Å²) in [5, 5.41) is 3.09. The minimum absolute atomic E-state index is 0.260. The van der Waals surface area contributed by atoms with Crippen LogP contribution in [0.15, 0.2) is 152 Å². The summed E-state index contributed by atoms with van der Waals surface area (Å²) in [6.45, 7) is 1.90. The van der Waals surface area contributed by atoms with Gasteiger partial charge in [-0.15, -0.1) is 0 Å². The topological polar surface area (TPSA) is 40.6 Å². The Hall–Kier alpha value is -4.74. The molecule has 1 unspecified atom stereocenters. The van der Waals surface area contributed by atoms with Crippen molar-refractivity contribution < 1.29 is 9.59 Å². The molecule has 6 rings (SSSR count). The zero-order valence-electron chi connectivity index (χ0n) is 21.6. The van der Waals surface area contributed by atoms with E-state index >= 15 is 0 Å². The van der Waals surface area contributed by atoms with Crippen molar-refractivity contribution in [3.8, 4) is 0 Å². The quantitative estimate of drug-likeness (QED) is 0.177. The van der Waals surface area contributed by atoms with Crippen molar-refractivity contribution >= 4 is 41.4 Å². The molecular formula is C34H28N2O2Si. The number of benzene rings is 5. The lowest BCUT2D eigenvalue weighted by molar-refractivity contribution is -0.123. The molecular weight excluding hydrogens is 496 g/mol. The molecule has 0 saturated carbocycles. The second kappa shape index (κ2) is 9.85. The molecule has 190 valence electrons. The Morgan fingerprint density at radius 3 is 1.28 bits per heavy atom. The van der Waals surface area contributed by atoms with Crippen LogP contribution >= 0.6 is 0 Å². The van der Waals surface area contributed by atoms with Crippen LogP contribution in [0.4, 0.5) is 10.5 Å². The maximum atomic E-state index is 14.9. The Morgan fingerprint density at radius 2 is 0.872 bits per heavy atom. The number of anilines is 1. The summed E-state index contributed by atoms with van der Waals surface area (Å²) in [4.78, 5) is 31.0. The highest BCUT2D eigenvalue weighted by Gasteiger charge is 2.65. The minimum Gasteiger partial charge on any atom is -0.321 e. The molecule has 3 amide bonds. The molecule has 1 heterocycles. The summed E-state index contributed by atoms with van der Waals surface area (Å²) in [7, 11) is -3.37. The molecule has 4 nitrogen and oxygen atoms in total. The van der Waals surface area contributed by atoms with Gasteiger partial charge >= 0.3 is 6.03 Å². The van der Waals surface area contributed by atoms with Crippen LogP contribution in [0.1, 0.15) is 12.5 Å². The predicted octanol–water partition coefficient (Wildman–Crippen LogP) is 5.04. The first-order valence-electron chi connectivity index (χ1n) is 13.1. The molecule has 39 heavy (non-hydrogen) atoms. The Labute approximate surface area is 229 Å². The van der Waals surface area contributed by atoms with E-state index in [0.29, 0.717) is 5.69 Å². The van der Waals surface area contributed by atoms with Crippen LogP contribution in [-0.2, 0) is 10.3 Å². The molecule has 5 aromatic carbocycles. The Kier molecular flexibility index (Phi) is 6.21. The molecule has 0 spiro atoms. The fourth-order valence-electron chi connectivity index (χ4n) is 5.92. The minimum atomic E-state index is -3.37. The van der Waals surface area contributed by atoms with Crippen LogP contribution < -0.4 is 20.5 Å². The van der Waals surface area contributed by atoms with E-state index in [1.165, 1.54) is 4.90 Å². The Bertz CT molecular complexity index is 1500. The third-order valence-electron chi connectivity index (χ3n) is 7.71. The average molecular weight is 525 g/mol. The van der Waals surface area contributed by atoms with Crippen LogP contribution in [0.2, 0.25) is 0 Å². The van der Waals surface area contributed by atoms with Crippen molar-refractivity contribution in [3.63, 3.8) is 0 Å². The van der Waals surface area contributed by atoms with Crippen LogP contribution in [0.25, 0.3) is 0 Å². The zero-order valence-corrected chi connectivity index (χ0v) is 22.6. The van der Waals surface area contributed by atoms with Gasteiger partial charge in [-0.25, -0.2) is 9.69 Å². The summed E-state index contributed by atoms with van der Waals surface area (Å²) in [5.74, 6) is -0.260. The monoisotopic (exact) mass is 524 g/mol. The van der Waals surface area contributed by atoms with E-state index in [9.17, 15) is 9.59 Å². The van der Waals surface area contributed by atoms with Crippen molar-refractivity contribution in [3.05, 3.63) is 157 Å². The fraction of sp³-hybridized carbons (Fsp3) is 0.0588. The number of hydrogen-bond acceptors (Lipinski definition) is 2. The SMILES string of the molecule is CC1(c2ccccc2)C(=O)N(c2ccccc2)C(=O)N1[Si](c1ccccc1)(c1ccccc1)c1ccccc1. The van der Waals surface area contributed by atoms with Gasteiger partial charge < -0.3 is 4.57 Å². The number of nitrogens with zero attached hydrogens (tertiary/aromatic N) is 2. The number of urea groups is 1. The summed E-state index contributed by atoms with van der Waals surface area (Å²) < 4.78 is 1.94. The average Bonchev–Trinajstić information content (AvgIpc) is 3.22. The van der Waals surface area contributed by atoms with Crippen molar-refractivity contribution in [2.45, 2.75) is 12.5 Å². The van der Waals surface area contributed by atoms with E-state index in [1.807, 2.05) is 127 Å². The maximum absolute atomic E-state index is 14.9. The molecule has 1 aliphatic rings. The third kappa shape index (κ3) is 3.74. The van der Waals surface area contributed by atoms with E-state index in [1.54, 1.807) is 0 Å². The molecule has 1 atom stereocenters. The number of imide groups is 1. The molecule has 0 aliphatic carbocycles. The first-order chi connectivity index (χ1) is 19.1. The second-order valence-corrected chi connectivity index (χ2v) is 13.4. The third-order valence-corrected chi connectivity index (χ3v) is 12.5. The largest absolute Gasteiger partial charge is 0.325 e. The van der Waals surface area contributed by atoms with Gasteiger partial charge in [-0.3, -0.25) is 4.79 Å². The molecule has 1 fully saturated rings. The lowest BCUT2D eigenvalue weighted by Crippen LogP contribution is -2.80. The zero-order chi connectivity index (χ0) is 26.9. The molecule has 0 bridgehead atoms. The molecule has 0 radical (unpaired) electrons.